The van der Waals surface area contributed by atoms with Crippen molar-refractivity contribution in [3.63, 3.8) is 0 Å². The number of anilines is 1. The minimum absolute atomic E-state index is 0.0925. The standard InChI is InChI=1S/C14H14N2O4S2/c1-9-6-14(21-15-9)22(19,20)16-8-10(7-13(17)18)11-4-2-3-5-12(11)16/h2-6,10H,7-8H2,1H3,(H,17,18). The number of carboxylic acids is 1. The maximum Gasteiger partial charge on any atom is 0.304 e. The van der Waals surface area contributed by atoms with Gasteiger partial charge in [0.1, 0.15) is 0 Å². The maximum atomic E-state index is 12.8. The molecule has 1 N–H and O–H groups in total. The van der Waals surface area contributed by atoms with E-state index in [-0.39, 0.29) is 23.1 Å². The molecule has 1 atom stereocenters. The lowest BCUT2D eigenvalue weighted by atomic mass is 9.98. The van der Waals surface area contributed by atoms with Crippen LogP contribution in [0.3, 0.4) is 0 Å². The Hall–Kier alpha value is -1.93. The number of aromatic nitrogens is 1. The third-order valence-corrected chi connectivity index (χ3v) is 6.69. The molecule has 2 aromatic rings. The van der Waals surface area contributed by atoms with Crippen molar-refractivity contribution in [2.24, 2.45) is 0 Å². The summed E-state index contributed by atoms with van der Waals surface area (Å²) < 4.78 is 31.1. The van der Waals surface area contributed by atoms with Gasteiger partial charge in [-0.1, -0.05) is 18.2 Å². The first-order valence-corrected chi connectivity index (χ1v) is 8.87. The first-order valence-electron chi connectivity index (χ1n) is 6.66. The number of fused-ring (bicyclic) bond motifs is 1. The quantitative estimate of drug-likeness (QED) is 0.923. The molecule has 0 radical (unpaired) electrons. The minimum Gasteiger partial charge on any atom is -0.481 e. The average molecular weight is 338 g/mol. The Morgan fingerprint density at radius 1 is 1.45 bits per heavy atom. The van der Waals surface area contributed by atoms with Gasteiger partial charge in [-0.15, -0.1) is 0 Å². The fraction of sp³-hybridized carbons (Fsp3) is 0.286. The van der Waals surface area contributed by atoms with Crippen molar-refractivity contribution in [2.75, 3.05) is 10.8 Å². The second-order valence-corrected chi connectivity index (χ2v) is 8.07. The zero-order valence-electron chi connectivity index (χ0n) is 11.8. The first kappa shape index (κ1) is 15.0. The van der Waals surface area contributed by atoms with Crippen LogP contribution in [0.4, 0.5) is 5.69 Å². The van der Waals surface area contributed by atoms with Crippen LogP contribution in [-0.4, -0.2) is 30.4 Å². The summed E-state index contributed by atoms with van der Waals surface area (Å²) in [5, 5.41) is 9.03. The van der Waals surface area contributed by atoms with E-state index in [0.29, 0.717) is 11.4 Å². The first-order chi connectivity index (χ1) is 10.4. The van der Waals surface area contributed by atoms with Gasteiger partial charge in [0.05, 0.1) is 17.8 Å². The predicted octanol–water partition coefficient (Wildman–Crippen LogP) is 2.22. The highest BCUT2D eigenvalue weighted by molar-refractivity contribution is 7.94. The van der Waals surface area contributed by atoms with Crippen molar-refractivity contribution in [3.8, 4) is 0 Å². The van der Waals surface area contributed by atoms with Crippen LogP contribution in [0.15, 0.2) is 34.5 Å². The number of rotatable bonds is 4. The number of carboxylic acid groups (broad SMARTS) is 1. The van der Waals surface area contributed by atoms with Gasteiger partial charge in [-0.2, -0.15) is 4.37 Å². The van der Waals surface area contributed by atoms with E-state index >= 15 is 0 Å². The number of nitrogens with zero attached hydrogens (tertiary/aromatic N) is 2. The molecule has 0 saturated carbocycles. The molecule has 2 heterocycles. The van der Waals surface area contributed by atoms with Crippen molar-refractivity contribution in [1.29, 1.82) is 0 Å². The summed E-state index contributed by atoms with van der Waals surface area (Å²) in [5.41, 5.74) is 1.97. The average Bonchev–Trinajstić information content (AvgIpc) is 3.04. The van der Waals surface area contributed by atoms with Crippen molar-refractivity contribution >= 4 is 33.2 Å². The van der Waals surface area contributed by atoms with Crippen LogP contribution in [0.25, 0.3) is 0 Å². The van der Waals surface area contributed by atoms with E-state index < -0.39 is 16.0 Å². The topological polar surface area (TPSA) is 87.6 Å². The van der Waals surface area contributed by atoms with Crippen LogP contribution in [0.5, 0.6) is 0 Å². The summed E-state index contributed by atoms with van der Waals surface area (Å²) >= 11 is 0.937. The molecule has 1 aliphatic heterocycles. The van der Waals surface area contributed by atoms with Crippen LogP contribution in [0.1, 0.15) is 23.6 Å². The maximum absolute atomic E-state index is 12.8. The molecule has 6 nitrogen and oxygen atoms in total. The van der Waals surface area contributed by atoms with E-state index in [1.165, 1.54) is 10.4 Å². The number of carbonyl (C=O) groups is 1. The smallest absolute Gasteiger partial charge is 0.304 e. The highest BCUT2D eigenvalue weighted by atomic mass is 32.2. The predicted molar refractivity (Wildman–Crippen MR) is 82.8 cm³/mol. The Morgan fingerprint density at radius 2 is 2.18 bits per heavy atom. The normalized spacial score (nSPS) is 17.5. The van der Waals surface area contributed by atoms with Crippen molar-refractivity contribution in [3.05, 3.63) is 41.6 Å². The molecule has 1 aromatic carbocycles. The summed E-state index contributed by atoms with van der Waals surface area (Å²) in [7, 11) is -3.70. The summed E-state index contributed by atoms with van der Waals surface area (Å²) in [6.45, 7) is 1.88. The zero-order valence-corrected chi connectivity index (χ0v) is 13.4. The lowest BCUT2D eigenvalue weighted by Crippen LogP contribution is -2.29. The lowest BCUT2D eigenvalue weighted by molar-refractivity contribution is -0.137. The minimum atomic E-state index is -3.70. The molecule has 8 heteroatoms. The molecule has 1 aliphatic rings. The van der Waals surface area contributed by atoms with Crippen molar-refractivity contribution in [2.45, 2.75) is 23.5 Å². The molecule has 0 saturated heterocycles. The van der Waals surface area contributed by atoms with Gasteiger partial charge in [0.25, 0.3) is 10.0 Å². The third-order valence-electron chi connectivity index (χ3n) is 3.60. The SMILES string of the molecule is Cc1cc(S(=O)(=O)N2CC(CC(=O)O)c3ccccc32)sn1. The fourth-order valence-electron chi connectivity index (χ4n) is 2.64. The summed E-state index contributed by atoms with van der Waals surface area (Å²) in [6, 6.07) is 8.58. The van der Waals surface area contributed by atoms with E-state index in [9.17, 15) is 13.2 Å². The van der Waals surface area contributed by atoms with Gasteiger partial charge in [-0.05, 0) is 36.2 Å². The number of hydrogen-bond donors (Lipinski definition) is 1. The molecule has 22 heavy (non-hydrogen) atoms. The molecule has 1 aromatic heterocycles. The van der Waals surface area contributed by atoms with E-state index in [1.54, 1.807) is 31.2 Å². The number of sulfonamides is 1. The molecular weight excluding hydrogens is 324 g/mol. The molecule has 3 rings (SSSR count). The van der Waals surface area contributed by atoms with Crippen molar-refractivity contribution in [1.82, 2.24) is 4.37 Å². The fourth-order valence-corrected chi connectivity index (χ4v) is 5.25. The van der Waals surface area contributed by atoms with Gasteiger partial charge in [0, 0.05) is 12.5 Å². The lowest BCUT2D eigenvalue weighted by Gasteiger charge is -2.18. The molecule has 1 unspecified atom stereocenters. The number of para-hydroxylation sites is 1. The molecular formula is C14H14N2O4S2. The van der Waals surface area contributed by atoms with E-state index in [2.05, 4.69) is 4.37 Å². The zero-order chi connectivity index (χ0) is 15.9. The Balaban J connectivity index is 2.04. The Morgan fingerprint density at radius 3 is 2.82 bits per heavy atom. The number of aliphatic carboxylic acids is 1. The molecule has 116 valence electrons. The number of hydrogen-bond acceptors (Lipinski definition) is 5. The summed E-state index contributed by atoms with van der Waals surface area (Å²) in [5.74, 6) is -1.27. The Kier molecular flexibility index (Phi) is 3.65. The molecule has 0 amide bonds. The van der Waals surface area contributed by atoms with Gasteiger partial charge in [0.15, 0.2) is 4.21 Å². The highest BCUT2D eigenvalue weighted by Gasteiger charge is 2.38. The van der Waals surface area contributed by atoms with E-state index in [1.807, 2.05) is 0 Å². The number of benzene rings is 1. The van der Waals surface area contributed by atoms with Crippen LogP contribution in [0.2, 0.25) is 0 Å². The van der Waals surface area contributed by atoms with Gasteiger partial charge in [-0.25, -0.2) is 8.42 Å². The summed E-state index contributed by atoms with van der Waals surface area (Å²) in [6.07, 6.45) is -0.0925. The second-order valence-electron chi connectivity index (χ2n) is 5.18. The van der Waals surface area contributed by atoms with Gasteiger partial charge in [-0.3, -0.25) is 9.10 Å². The van der Waals surface area contributed by atoms with Crippen LogP contribution in [-0.2, 0) is 14.8 Å². The third kappa shape index (κ3) is 2.48. The Labute approximate surface area is 132 Å². The summed E-state index contributed by atoms with van der Waals surface area (Å²) in [4.78, 5) is 11.0. The molecule has 0 aliphatic carbocycles. The second kappa shape index (κ2) is 5.36. The van der Waals surface area contributed by atoms with Gasteiger partial charge in [0.2, 0.25) is 0 Å². The number of aryl methyl sites for hydroxylation is 1. The Bertz CT molecular complexity index is 829. The van der Waals surface area contributed by atoms with Crippen LogP contribution < -0.4 is 4.31 Å². The van der Waals surface area contributed by atoms with Gasteiger partial charge < -0.3 is 5.11 Å². The molecule has 0 spiro atoms. The van der Waals surface area contributed by atoms with Crippen molar-refractivity contribution < 1.29 is 18.3 Å². The molecule has 0 bridgehead atoms. The van der Waals surface area contributed by atoms with E-state index in [0.717, 1.165) is 17.1 Å². The van der Waals surface area contributed by atoms with Crippen LogP contribution >= 0.6 is 11.5 Å². The van der Waals surface area contributed by atoms with Crippen LogP contribution in [0, 0.1) is 6.92 Å². The highest BCUT2D eigenvalue weighted by Crippen LogP contribution is 2.41. The molecule has 0 fully saturated rings. The largest absolute Gasteiger partial charge is 0.481 e. The monoisotopic (exact) mass is 338 g/mol. The van der Waals surface area contributed by atoms with Gasteiger partial charge >= 0.3 is 5.97 Å². The van der Waals surface area contributed by atoms with E-state index in [4.69, 9.17) is 5.11 Å².